The van der Waals surface area contributed by atoms with Gasteiger partial charge in [-0.15, -0.1) is 0 Å². The van der Waals surface area contributed by atoms with Gasteiger partial charge in [-0.3, -0.25) is 14.5 Å². The Bertz CT molecular complexity index is 1270. The molecule has 4 rings (SSSR count). The van der Waals surface area contributed by atoms with Gasteiger partial charge in [0.1, 0.15) is 6.54 Å². The summed E-state index contributed by atoms with van der Waals surface area (Å²) in [4.78, 5) is 41.6. The minimum Gasteiger partial charge on any atom is -0.462 e. The van der Waals surface area contributed by atoms with Gasteiger partial charge in [0.05, 0.1) is 12.2 Å². The molecule has 0 bridgehead atoms. The average Bonchev–Trinajstić information content (AvgIpc) is 3.37. The number of amides is 2. The molecule has 2 N–H and O–H groups in total. The van der Waals surface area contributed by atoms with Crippen LogP contribution < -0.4 is 10.6 Å². The number of esters is 1. The lowest BCUT2D eigenvalue weighted by Gasteiger charge is -2.24. The summed E-state index contributed by atoms with van der Waals surface area (Å²) in [5, 5.41) is 0. The molecule has 3 aromatic carbocycles. The zero-order valence-corrected chi connectivity index (χ0v) is 20.9. The monoisotopic (exact) mass is 497 g/mol. The summed E-state index contributed by atoms with van der Waals surface area (Å²) >= 11 is 0. The quantitative estimate of drug-likeness (QED) is 0.373. The molecule has 7 heteroatoms. The summed E-state index contributed by atoms with van der Waals surface area (Å²) in [6.07, 6.45) is 3.98. The Morgan fingerprint density at radius 1 is 1.00 bits per heavy atom. The molecular weight excluding hydrogens is 466 g/mol. The molecule has 7 nitrogen and oxygen atoms in total. The Labute approximate surface area is 217 Å². The number of nitrogens with zero attached hydrogens (tertiary/aromatic N) is 2. The maximum Gasteiger partial charge on any atom is 0.338 e. The van der Waals surface area contributed by atoms with Crippen LogP contribution in [0, 0.1) is 0 Å². The van der Waals surface area contributed by atoms with Crippen LogP contribution in [-0.2, 0) is 14.3 Å². The van der Waals surface area contributed by atoms with Crippen LogP contribution in [0.15, 0.2) is 84.9 Å². The standard InChI is InChI=1S/C30H31N3O4/c1-2-37-30(36)25-10-6-9-24(19-25)23-12-14-27(15-13-23)33(21-29(35)32-18-17-26(31)20-32)28(34)16-11-22-7-4-3-5-8-22/h3-16,19,26H,2,17-18,20-21,31H2,1H3/b16-11+/t26-/m0/s1. The predicted molar refractivity (Wildman–Crippen MR) is 145 cm³/mol. The fourth-order valence-corrected chi connectivity index (χ4v) is 4.24. The highest BCUT2D eigenvalue weighted by Crippen LogP contribution is 2.25. The number of hydrogen-bond donors (Lipinski definition) is 1. The second kappa shape index (κ2) is 12.1. The van der Waals surface area contributed by atoms with Crippen molar-refractivity contribution < 1.29 is 19.1 Å². The van der Waals surface area contributed by atoms with Gasteiger partial charge in [-0.1, -0.05) is 54.6 Å². The van der Waals surface area contributed by atoms with Gasteiger partial charge in [0.15, 0.2) is 0 Å². The summed E-state index contributed by atoms with van der Waals surface area (Å²) < 4.78 is 5.10. The molecule has 1 heterocycles. The van der Waals surface area contributed by atoms with Crippen molar-refractivity contribution in [2.45, 2.75) is 19.4 Å². The van der Waals surface area contributed by atoms with Crippen molar-refractivity contribution in [3.05, 3.63) is 96.1 Å². The first-order valence-electron chi connectivity index (χ1n) is 12.4. The summed E-state index contributed by atoms with van der Waals surface area (Å²) in [6, 6.07) is 24.1. The molecule has 190 valence electrons. The van der Waals surface area contributed by atoms with E-state index < -0.39 is 0 Å². The third-order valence-electron chi connectivity index (χ3n) is 6.24. The molecule has 1 aliphatic heterocycles. The Kier molecular flexibility index (Phi) is 8.48. The first-order chi connectivity index (χ1) is 17.9. The molecule has 1 saturated heterocycles. The van der Waals surface area contributed by atoms with E-state index in [-0.39, 0.29) is 30.4 Å². The molecule has 37 heavy (non-hydrogen) atoms. The van der Waals surface area contributed by atoms with Gasteiger partial charge in [0.25, 0.3) is 5.91 Å². The number of carbonyl (C=O) groups excluding carboxylic acids is 3. The Morgan fingerprint density at radius 3 is 2.43 bits per heavy atom. The largest absolute Gasteiger partial charge is 0.462 e. The highest BCUT2D eigenvalue weighted by molar-refractivity contribution is 6.07. The number of hydrogen-bond acceptors (Lipinski definition) is 5. The van der Waals surface area contributed by atoms with E-state index in [1.165, 1.54) is 11.0 Å². The number of rotatable bonds is 8. The summed E-state index contributed by atoms with van der Waals surface area (Å²) in [5.74, 6) is -0.804. The summed E-state index contributed by atoms with van der Waals surface area (Å²) in [7, 11) is 0. The lowest BCUT2D eigenvalue weighted by atomic mass is 10.0. The summed E-state index contributed by atoms with van der Waals surface area (Å²) in [6.45, 7) is 3.09. The molecule has 0 unspecified atom stereocenters. The van der Waals surface area contributed by atoms with E-state index in [4.69, 9.17) is 10.5 Å². The van der Waals surface area contributed by atoms with Gasteiger partial charge in [-0.2, -0.15) is 0 Å². The third-order valence-corrected chi connectivity index (χ3v) is 6.24. The van der Waals surface area contributed by atoms with Crippen LogP contribution in [0.1, 0.15) is 29.3 Å². The first-order valence-corrected chi connectivity index (χ1v) is 12.4. The minimum atomic E-state index is -0.372. The number of likely N-dealkylation sites (tertiary alicyclic amines) is 1. The minimum absolute atomic E-state index is 0.0317. The zero-order chi connectivity index (χ0) is 26.2. The molecule has 1 fully saturated rings. The first kappa shape index (κ1) is 25.9. The SMILES string of the molecule is CCOC(=O)c1cccc(-c2ccc(N(CC(=O)N3CC[C@H](N)C3)C(=O)/C=C/c3ccccc3)cc2)c1. The van der Waals surface area contributed by atoms with Crippen molar-refractivity contribution in [1.82, 2.24) is 4.90 Å². The molecule has 3 aromatic rings. The second-order valence-electron chi connectivity index (χ2n) is 8.91. The number of nitrogens with two attached hydrogens (primary N) is 1. The number of anilines is 1. The van der Waals surface area contributed by atoms with Crippen molar-refractivity contribution in [3.63, 3.8) is 0 Å². The fourth-order valence-electron chi connectivity index (χ4n) is 4.24. The lowest BCUT2D eigenvalue weighted by molar-refractivity contribution is -0.130. The smallest absolute Gasteiger partial charge is 0.338 e. The van der Waals surface area contributed by atoms with Crippen molar-refractivity contribution in [1.29, 1.82) is 0 Å². The molecule has 2 amide bonds. The Morgan fingerprint density at radius 2 is 1.76 bits per heavy atom. The van der Waals surface area contributed by atoms with Gasteiger partial charge in [-0.05, 0) is 60.4 Å². The summed E-state index contributed by atoms with van der Waals surface area (Å²) in [5.41, 5.74) is 9.67. The van der Waals surface area contributed by atoms with Crippen molar-refractivity contribution in [2.24, 2.45) is 5.73 Å². The zero-order valence-electron chi connectivity index (χ0n) is 20.9. The van der Waals surface area contributed by atoms with Gasteiger partial charge in [-0.25, -0.2) is 4.79 Å². The molecule has 1 atom stereocenters. The second-order valence-corrected chi connectivity index (χ2v) is 8.91. The van der Waals surface area contributed by atoms with Crippen LogP contribution in [0.3, 0.4) is 0 Å². The maximum absolute atomic E-state index is 13.3. The highest BCUT2D eigenvalue weighted by Gasteiger charge is 2.26. The number of ether oxygens (including phenoxy) is 1. The molecule has 0 radical (unpaired) electrons. The van der Waals surface area contributed by atoms with Crippen LogP contribution in [-0.4, -0.2) is 55.0 Å². The van der Waals surface area contributed by atoms with Crippen molar-refractivity contribution in [2.75, 3.05) is 31.1 Å². The van der Waals surface area contributed by atoms with Crippen molar-refractivity contribution >= 4 is 29.5 Å². The average molecular weight is 498 g/mol. The van der Waals surface area contributed by atoms with E-state index in [0.717, 1.165) is 23.1 Å². The van der Waals surface area contributed by atoms with E-state index in [1.54, 1.807) is 36.1 Å². The molecule has 0 saturated carbocycles. The van der Waals surface area contributed by atoms with Crippen LogP contribution in [0.4, 0.5) is 5.69 Å². The predicted octanol–water partition coefficient (Wildman–Crippen LogP) is 4.14. The van der Waals surface area contributed by atoms with E-state index >= 15 is 0 Å². The normalized spacial score (nSPS) is 15.1. The highest BCUT2D eigenvalue weighted by atomic mass is 16.5. The van der Waals surface area contributed by atoms with Gasteiger partial charge in [0, 0.05) is 30.9 Å². The number of carbonyl (C=O) groups is 3. The van der Waals surface area contributed by atoms with E-state index in [0.29, 0.717) is 30.9 Å². The van der Waals surface area contributed by atoms with Crippen molar-refractivity contribution in [3.8, 4) is 11.1 Å². The maximum atomic E-state index is 13.3. The number of benzene rings is 3. The third kappa shape index (κ3) is 6.71. The topological polar surface area (TPSA) is 92.9 Å². The van der Waals surface area contributed by atoms with E-state index in [2.05, 4.69) is 0 Å². The Balaban J connectivity index is 1.57. The molecular formula is C30H31N3O4. The van der Waals surface area contributed by atoms with Crippen LogP contribution >= 0.6 is 0 Å². The lowest BCUT2D eigenvalue weighted by Crippen LogP contribution is -2.42. The van der Waals surface area contributed by atoms with Gasteiger partial charge in [0.2, 0.25) is 5.91 Å². The van der Waals surface area contributed by atoms with Gasteiger partial charge < -0.3 is 15.4 Å². The van der Waals surface area contributed by atoms with E-state index in [9.17, 15) is 14.4 Å². The van der Waals surface area contributed by atoms with E-state index in [1.807, 2.05) is 60.7 Å². The molecule has 1 aliphatic rings. The van der Waals surface area contributed by atoms with Crippen LogP contribution in [0.25, 0.3) is 17.2 Å². The molecule has 0 aliphatic carbocycles. The van der Waals surface area contributed by atoms with Gasteiger partial charge >= 0.3 is 5.97 Å². The fraction of sp³-hybridized carbons (Fsp3) is 0.233. The molecule has 0 aromatic heterocycles. The molecule has 0 spiro atoms. The Hall–Kier alpha value is -4.23. The van der Waals surface area contributed by atoms with Crippen LogP contribution in [0.5, 0.6) is 0 Å². The van der Waals surface area contributed by atoms with Crippen LogP contribution in [0.2, 0.25) is 0 Å².